The molecule has 2 aromatic rings. The average molecular weight is 395 g/mol. The van der Waals surface area contributed by atoms with E-state index in [-0.39, 0.29) is 24.9 Å². The lowest BCUT2D eigenvalue weighted by Gasteiger charge is -2.23. The molecule has 6 nitrogen and oxygen atoms in total. The zero-order chi connectivity index (χ0) is 20.5. The number of carbonyl (C=O) groups is 2. The van der Waals surface area contributed by atoms with E-state index >= 15 is 0 Å². The second kappa shape index (κ2) is 10.6. The van der Waals surface area contributed by atoms with Crippen LogP contribution in [0.2, 0.25) is 0 Å². The predicted octanol–water partition coefficient (Wildman–Crippen LogP) is 3.58. The maximum atomic E-state index is 12.3. The molecule has 0 atom stereocenters. The van der Waals surface area contributed by atoms with E-state index in [1.54, 1.807) is 11.9 Å². The summed E-state index contributed by atoms with van der Waals surface area (Å²) in [4.78, 5) is 28.5. The third-order valence-corrected chi connectivity index (χ3v) is 5.01. The first kappa shape index (κ1) is 20.9. The number of anilines is 3. The van der Waals surface area contributed by atoms with Crippen molar-refractivity contribution >= 4 is 28.9 Å². The van der Waals surface area contributed by atoms with Crippen molar-refractivity contribution in [3.05, 3.63) is 54.6 Å². The fourth-order valence-electron chi connectivity index (χ4n) is 3.55. The highest BCUT2D eigenvalue weighted by molar-refractivity contribution is 5.94. The Morgan fingerprint density at radius 2 is 1.31 bits per heavy atom. The first-order valence-corrected chi connectivity index (χ1v) is 10.3. The zero-order valence-electron chi connectivity index (χ0n) is 17.1. The number of nitrogens with one attached hydrogen (secondary N) is 2. The fourth-order valence-corrected chi connectivity index (χ4v) is 3.55. The van der Waals surface area contributed by atoms with Gasteiger partial charge in [-0.2, -0.15) is 0 Å². The number of rotatable bonds is 7. The molecule has 2 N–H and O–H groups in total. The topological polar surface area (TPSA) is 64.7 Å². The van der Waals surface area contributed by atoms with Crippen molar-refractivity contribution in [1.29, 1.82) is 0 Å². The highest BCUT2D eigenvalue weighted by Gasteiger charge is 2.12. The van der Waals surface area contributed by atoms with Crippen LogP contribution in [0.5, 0.6) is 0 Å². The number of benzene rings is 2. The zero-order valence-corrected chi connectivity index (χ0v) is 17.1. The summed E-state index contributed by atoms with van der Waals surface area (Å²) in [7, 11) is 1.76. The SMILES string of the molecule is CN(CC(=O)Nc1ccccc1)CC(=O)Nc1ccc(N2CCCCCC2)cc1. The number of carbonyl (C=O) groups excluding carboxylic acids is 2. The average Bonchev–Trinajstić information content (AvgIpc) is 2.98. The molecule has 6 heteroatoms. The van der Waals surface area contributed by atoms with Gasteiger partial charge in [-0.15, -0.1) is 0 Å². The van der Waals surface area contributed by atoms with Crippen LogP contribution >= 0.6 is 0 Å². The van der Waals surface area contributed by atoms with Crippen LogP contribution in [0.3, 0.4) is 0 Å². The normalized spacial score (nSPS) is 14.3. The van der Waals surface area contributed by atoms with Crippen molar-refractivity contribution in [2.45, 2.75) is 25.7 Å². The van der Waals surface area contributed by atoms with Crippen LogP contribution in [-0.4, -0.2) is 49.9 Å². The predicted molar refractivity (Wildman–Crippen MR) is 118 cm³/mol. The quantitative estimate of drug-likeness (QED) is 0.753. The van der Waals surface area contributed by atoms with Crippen LogP contribution in [-0.2, 0) is 9.59 Å². The van der Waals surface area contributed by atoms with Gasteiger partial charge in [0.2, 0.25) is 11.8 Å². The lowest BCUT2D eigenvalue weighted by molar-refractivity contribution is -0.119. The van der Waals surface area contributed by atoms with Gasteiger partial charge in [0.1, 0.15) is 0 Å². The molecule has 0 radical (unpaired) electrons. The van der Waals surface area contributed by atoms with E-state index < -0.39 is 0 Å². The Morgan fingerprint density at radius 1 is 0.793 bits per heavy atom. The summed E-state index contributed by atoms with van der Waals surface area (Å²) in [6.45, 7) is 2.50. The summed E-state index contributed by atoms with van der Waals surface area (Å²) < 4.78 is 0. The highest BCUT2D eigenvalue weighted by Crippen LogP contribution is 2.21. The van der Waals surface area contributed by atoms with Gasteiger partial charge in [0.15, 0.2) is 0 Å². The standard InChI is InChI=1S/C23H30N4O2/c1-26(17-22(28)24-19-9-5-4-6-10-19)18-23(29)25-20-11-13-21(14-12-20)27-15-7-2-3-8-16-27/h4-6,9-14H,2-3,7-8,15-18H2,1H3,(H,24,28)(H,25,29). The van der Waals surface area contributed by atoms with Gasteiger partial charge in [-0.05, 0) is 56.3 Å². The van der Waals surface area contributed by atoms with Crippen LogP contribution in [0, 0.1) is 0 Å². The van der Waals surface area contributed by atoms with Crippen molar-refractivity contribution in [3.63, 3.8) is 0 Å². The summed E-state index contributed by atoms with van der Waals surface area (Å²) >= 11 is 0. The Balaban J connectivity index is 1.44. The minimum atomic E-state index is -0.145. The van der Waals surface area contributed by atoms with Gasteiger partial charge < -0.3 is 15.5 Å². The largest absolute Gasteiger partial charge is 0.372 e. The monoisotopic (exact) mass is 394 g/mol. The molecule has 0 bridgehead atoms. The third-order valence-electron chi connectivity index (χ3n) is 5.01. The first-order chi connectivity index (χ1) is 14.1. The van der Waals surface area contributed by atoms with Crippen LogP contribution in [0.15, 0.2) is 54.6 Å². The van der Waals surface area contributed by atoms with Crippen LogP contribution in [0.25, 0.3) is 0 Å². The smallest absolute Gasteiger partial charge is 0.238 e. The second-order valence-electron chi connectivity index (χ2n) is 7.58. The van der Waals surface area contributed by atoms with E-state index in [0.717, 1.165) is 24.5 Å². The maximum Gasteiger partial charge on any atom is 0.238 e. The molecule has 0 aromatic heterocycles. The van der Waals surface area contributed by atoms with E-state index in [0.29, 0.717) is 0 Å². The Bertz CT molecular complexity index is 784. The Labute approximate surface area is 172 Å². The van der Waals surface area contributed by atoms with Crippen LogP contribution < -0.4 is 15.5 Å². The van der Waals surface area contributed by atoms with E-state index in [1.165, 1.54) is 31.4 Å². The van der Waals surface area contributed by atoms with Gasteiger partial charge >= 0.3 is 0 Å². The summed E-state index contributed by atoms with van der Waals surface area (Å²) in [6, 6.07) is 17.3. The Morgan fingerprint density at radius 3 is 1.86 bits per heavy atom. The molecule has 154 valence electrons. The van der Waals surface area contributed by atoms with Gasteiger partial charge in [0, 0.05) is 30.2 Å². The molecule has 2 aromatic carbocycles. The molecule has 1 fully saturated rings. The molecule has 2 amide bonds. The fraction of sp³-hybridized carbons (Fsp3) is 0.391. The van der Waals surface area contributed by atoms with Crippen LogP contribution in [0.1, 0.15) is 25.7 Å². The summed E-state index contributed by atoms with van der Waals surface area (Å²) in [5.41, 5.74) is 2.73. The van der Waals surface area contributed by atoms with Gasteiger partial charge in [0.05, 0.1) is 13.1 Å². The van der Waals surface area contributed by atoms with E-state index in [4.69, 9.17) is 0 Å². The summed E-state index contributed by atoms with van der Waals surface area (Å²) in [5, 5.41) is 5.73. The lowest BCUT2D eigenvalue weighted by Crippen LogP contribution is -2.36. The molecule has 0 spiro atoms. The number of hydrogen-bond donors (Lipinski definition) is 2. The molecular formula is C23H30N4O2. The van der Waals surface area contributed by atoms with Crippen molar-refractivity contribution in [3.8, 4) is 0 Å². The Hall–Kier alpha value is -2.86. The Kier molecular flexibility index (Phi) is 7.64. The van der Waals surface area contributed by atoms with Crippen molar-refractivity contribution < 1.29 is 9.59 Å². The maximum absolute atomic E-state index is 12.3. The number of hydrogen-bond acceptors (Lipinski definition) is 4. The van der Waals surface area contributed by atoms with Crippen molar-refractivity contribution in [2.75, 3.05) is 48.8 Å². The molecule has 0 saturated carbocycles. The van der Waals surface area contributed by atoms with Gasteiger partial charge in [-0.3, -0.25) is 14.5 Å². The molecule has 3 rings (SSSR count). The molecular weight excluding hydrogens is 364 g/mol. The summed E-state index contributed by atoms with van der Waals surface area (Å²) in [6.07, 6.45) is 5.09. The van der Waals surface area contributed by atoms with Crippen LogP contribution in [0.4, 0.5) is 17.1 Å². The molecule has 1 aliphatic rings. The van der Waals surface area contributed by atoms with Gasteiger partial charge in [-0.25, -0.2) is 0 Å². The third kappa shape index (κ3) is 6.91. The lowest BCUT2D eigenvalue weighted by atomic mass is 10.2. The molecule has 1 aliphatic heterocycles. The second-order valence-corrected chi connectivity index (χ2v) is 7.58. The highest BCUT2D eigenvalue weighted by atomic mass is 16.2. The number of para-hydroxylation sites is 1. The number of likely N-dealkylation sites (N-methyl/N-ethyl adjacent to an activating group) is 1. The van der Waals surface area contributed by atoms with Crippen molar-refractivity contribution in [1.82, 2.24) is 4.90 Å². The molecule has 0 aliphatic carbocycles. The number of amides is 2. The molecule has 0 unspecified atom stereocenters. The van der Waals surface area contributed by atoms with E-state index in [9.17, 15) is 9.59 Å². The van der Waals surface area contributed by atoms with E-state index in [2.05, 4.69) is 27.7 Å². The van der Waals surface area contributed by atoms with Gasteiger partial charge in [-0.1, -0.05) is 31.0 Å². The summed E-state index contributed by atoms with van der Waals surface area (Å²) in [5.74, 6) is -0.282. The molecule has 29 heavy (non-hydrogen) atoms. The minimum absolute atomic E-state index is 0.137. The molecule has 1 saturated heterocycles. The van der Waals surface area contributed by atoms with Gasteiger partial charge in [0.25, 0.3) is 0 Å². The van der Waals surface area contributed by atoms with E-state index in [1.807, 2.05) is 42.5 Å². The number of nitrogens with zero attached hydrogens (tertiary/aromatic N) is 2. The molecule has 1 heterocycles. The van der Waals surface area contributed by atoms with Crippen molar-refractivity contribution in [2.24, 2.45) is 0 Å². The first-order valence-electron chi connectivity index (χ1n) is 10.3. The minimum Gasteiger partial charge on any atom is -0.372 e.